The Morgan fingerprint density at radius 1 is 1.13 bits per heavy atom. The highest BCUT2D eigenvalue weighted by Crippen LogP contribution is 2.32. The lowest BCUT2D eigenvalue weighted by molar-refractivity contribution is -0.135. The Labute approximate surface area is 182 Å². The van der Waals surface area contributed by atoms with Crippen LogP contribution in [0.3, 0.4) is 0 Å². The molecular weight excluding hydrogens is 422 g/mol. The van der Waals surface area contributed by atoms with Crippen molar-refractivity contribution in [3.05, 3.63) is 58.9 Å². The number of carbonyl (C=O) groups is 1. The van der Waals surface area contributed by atoms with E-state index in [0.717, 1.165) is 12.0 Å². The average Bonchev–Trinajstić information content (AvgIpc) is 3.26. The van der Waals surface area contributed by atoms with Gasteiger partial charge in [-0.2, -0.15) is 4.31 Å². The standard InChI is InChI=1S/C22H26ClN3O3S/c1-16-20(23)7-2-8-21(16)30(28,29)26-11-4-6-19(15-26)22(27)25-12-9-18(14-25)17-5-3-10-24-13-17/h2-3,5,7-8,10,13,18-19H,4,6,9,11-12,14-15H2,1H3. The fourth-order valence-corrected chi connectivity index (χ4v) is 6.48. The highest BCUT2D eigenvalue weighted by atomic mass is 35.5. The molecule has 1 aromatic carbocycles. The summed E-state index contributed by atoms with van der Waals surface area (Å²) in [5, 5.41) is 0.430. The predicted octanol–water partition coefficient (Wildman–Crippen LogP) is 3.46. The zero-order valence-electron chi connectivity index (χ0n) is 17.0. The number of hydrogen-bond acceptors (Lipinski definition) is 4. The van der Waals surface area contributed by atoms with Gasteiger partial charge < -0.3 is 4.90 Å². The van der Waals surface area contributed by atoms with E-state index in [4.69, 9.17) is 11.6 Å². The van der Waals surface area contributed by atoms with Gasteiger partial charge >= 0.3 is 0 Å². The summed E-state index contributed by atoms with van der Waals surface area (Å²) in [5.41, 5.74) is 1.70. The summed E-state index contributed by atoms with van der Waals surface area (Å²) in [7, 11) is -3.69. The summed E-state index contributed by atoms with van der Waals surface area (Å²) in [4.78, 5) is 19.5. The van der Waals surface area contributed by atoms with Crippen molar-refractivity contribution in [2.24, 2.45) is 5.92 Å². The molecule has 2 aromatic rings. The van der Waals surface area contributed by atoms with Crippen LogP contribution < -0.4 is 0 Å². The van der Waals surface area contributed by atoms with Gasteiger partial charge in [-0.15, -0.1) is 0 Å². The van der Waals surface area contributed by atoms with Crippen molar-refractivity contribution in [1.29, 1.82) is 0 Å². The van der Waals surface area contributed by atoms with Crippen LogP contribution in [0.4, 0.5) is 0 Å². The zero-order chi connectivity index (χ0) is 21.3. The third kappa shape index (κ3) is 4.11. The van der Waals surface area contributed by atoms with E-state index in [1.807, 2.05) is 23.2 Å². The second-order valence-corrected chi connectivity index (χ2v) is 10.4. The first kappa shape index (κ1) is 21.3. The van der Waals surface area contributed by atoms with Crippen molar-refractivity contribution in [2.45, 2.75) is 37.0 Å². The molecule has 8 heteroatoms. The molecule has 0 bridgehead atoms. The predicted molar refractivity (Wildman–Crippen MR) is 116 cm³/mol. The molecule has 2 aliphatic rings. The van der Waals surface area contributed by atoms with Crippen molar-refractivity contribution >= 4 is 27.5 Å². The summed E-state index contributed by atoms with van der Waals surface area (Å²) in [5.74, 6) is 0.0463. The maximum atomic E-state index is 13.2. The largest absolute Gasteiger partial charge is 0.342 e. The number of likely N-dealkylation sites (tertiary alicyclic amines) is 1. The van der Waals surface area contributed by atoms with E-state index in [-0.39, 0.29) is 23.3 Å². The van der Waals surface area contributed by atoms with Gasteiger partial charge in [0.1, 0.15) is 0 Å². The van der Waals surface area contributed by atoms with Crippen molar-refractivity contribution < 1.29 is 13.2 Å². The van der Waals surface area contributed by atoms with E-state index >= 15 is 0 Å². The second-order valence-electron chi connectivity index (χ2n) is 8.12. The Morgan fingerprint density at radius 2 is 1.97 bits per heavy atom. The van der Waals surface area contributed by atoms with E-state index < -0.39 is 10.0 Å². The Morgan fingerprint density at radius 3 is 2.73 bits per heavy atom. The lowest BCUT2D eigenvalue weighted by atomic mass is 9.98. The van der Waals surface area contributed by atoms with Crippen molar-refractivity contribution in [3.63, 3.8) is 0 Å². The second kappa shape index (κ2) is 8.65. The molecule has 2 saturated heterocycles. The number of nitrogens with zero attached hydrogens (tertiary/aromatic N) is 3. The van der Waals surface area contributed by atoms with E-state index in [1.54, 1.807) is 31.3 Å². The smallest absolute Gasteiger partial charge is 0.243 e. The SMILES string of the molecule is Cc1c(Cl)cccc1S(=O)(=O)N1CCCC(C(=O)N2CCC(c3cccnc3)C2)C1. The van der Waals surface area contributed by atoms with Crippen LogP contribution in [0, 0.1) is 12.8 Å². The van der Waals surface area contributed by atoms with Crippen LogP contribution in [-0.4, -0.2) is 54.7 Å². The quantitative estimate of drug-likeness (QED) is 0.719. The van der Waals surface area contributed by atoms with Crippen LogP contribution in [0.5, 0.6) is 0 Å². The monoisotopic (exact) mass is 447 g/mol. The molecular formula is C22H26ClN3O3S. The van der Waals surface area contributed by atoms with E-state index in [9.17, 15) is 13.2 Å². The molecule has 0 spiro atoms. The molecule has 0 saturated carbocycles. The Kier molecular flexibility index (Phi) is 6.14. The van der Waals surface area contributed by atoms with E-state index in [2.05, 4.69) is 4.98 Å². The number of benzene rings is 1. The van der Waals surface area contributed by atoms with Gasteiger partial charge in [-0.3, -0.25) is 9.78 Å². The minimum Gasteiger partial charge on any atom is -0.342 e. The third-order valence-corrected chi connectivity index (χ3v) is 8.64. The first-order valence-electron chi connectivity index (χ1n) is 10.3. The fraction of sp³-hybridized carbons (Fsp3) is 0.455. The van der Waals surface area contributed by atoms with Gasteiger partial charge in [-0.25, -0.2) is 8.42 Å². The summed E-state index contributed by atoms with van der Waals surface area (Å²) in [6, 6.07) is 8.89. The van der Waals surface area contributed by atoms with Gasteiger partial charge in [0, 0.05) is 49.5 Å². The van der Waals surface area contributed by atoms with Crippen LogP contribution in [-0.2, 0) is 14.8 Å². The number of sulfonamides is 1. The average molecular weight is 448 g/mol. The van der Waals surface area contributed by atoms with Gasteiger partial charge in [0.15, 0.2) is 0 Å². The molecule has 30 heavy (non-hydrogen) atoms. The lowest BCUT2D eigenvalue weighted by Gasteiger charge is -2.33. The summed E-state index contributed by atoms with van der Waals surface area (Å²) >= 11 is 6.14. The molecule has 2 atom stereocenters. The number of hydrogen-bond donors (Lipinski definition) is 0. The number of aromatic nitrogens is 1. The molecule has 160 valence electrons. The molecule has 6 nitrogen and oxygen atoms in total. The van der Waals surface area contributed by atoms with Crippen molar-refractivity contribution in [2.75, 3.05) is 26.2 Å². The number of halogens is 1. The van der Waals surface area contributed by atoms with E-state index in [0.29, 0.717) is 49.0 Å². The molecule has 4 rings (SSSR count). The van der Waals surface area contributed by atoms with Gasteiger partial charge in [0.25, 0.3) is 0 Å². The van der Waals surface area contributed by atoms with Crippen molar-refractivity contribution in [1.82, 2.24) is 14.2 Å². The van der Waals surface area contributed by atoms with Gasteiger partial charge in [0.2, 0.25) is 15.9 Å². The molecule has 2 aliphatic heterocycles. The number of rotatable bonds is 4. The molecule has 3 heterocycles. The minimum absolute atomic E-state index is 0.0594. The summed E-state index contributed by atoms with van der Waals surface area (Å²) < 4.78 is 27.9. The van der Waals surface area contributed by atoms with Gasteiger partial charge in [-0.1, -0.05) is 23.7 Å². The minimum atomic E-state index is -3.69. The highest BCUT2D eigenvalue weighted by molar-refractivity contribution is 7.89. The third-order valence-electron chi connectivity index (χ3n) is 6.22. The topological polar surface area (TPSA) is 70.6 Å². The molecule has 1 aromatic heterocycles. The highest BCUT2D eigenvalue weighted by Gasteiger charge is 2.37. The molecule has 2 fully saturated rings. The van der Waals surface area contributed by atoms with Crippen molar-refractivity contribution in [3.8, 4) is 0 Å². The molecule has 0 N–H and O–H groups in total. The van der Waals surface area contributed by atoms with Crippen LogP contribution in [0.15, 0.2) is 47.6 Å². The number of piperidine rings is 1. The number of amides is 1. The normalized spacial score (nSPS) is 22.9. The molecule has 0 radical (unpaired) electrons. The Balaban J connectivity index is 1.46. The van der Waals surface area contributed by atoms with Gasteiger partial charge in [0.05, 0.1) is 10.8 Å². The van der Waals surface area contributed by atoms with Crippen LogP contribution in [0.2, 0.25) is 5.02 Å². The van der Waals surface area contributed by atoms with Crippen LogP contribution >= 0.6 is 11.6 Å². The lowest BCUT2D eigenvalue weighted by Crippen LogP contribution is -2.46. The van der Waals surface area contributed by atoms with Crippen LogP contribution in [0.25, 0.3) is 0 Å². The molecule has 0 aliphatic carbocycles. The number of pyridine rings is 1. The van der Waals surface area contributed by atoms with Gasteiger partial charge in [-0.05, 0) is 55.5 Å². The maximum absolute atomic E-state index is 13.2. The Hall–Kier alpha value is -1.96. The van der Waals surface area contributed by atoms with Crippen LogP contribution in [0.1, 0.15) is 36.3 Å². The fourth-order valence-electron chi connectivity index (χ4n) is 4.48. The summed E-state index contributed by atoms with van der Waals surface area (Å²) in [6.45, 7) is 3.73. The Bertz CT molecular complexity index is 1030. The first-order valence-corrected chi connectivity index (χ1v) is 12.1. The molecule has 1 amide bonds. The maximum Gasteiger partial charge on any atom is 0.243 e. The van der Waals surface area contributed by atoms with E-state index in [1.165, 1.54) is 4.31 Å². The summed E-state index contributed by atoms with van der Waals surface area (Å²) in [6.07, 6.45) is 5.91. The first-order chi connectivity index (χ1) is 14.4. The number of carbonyl (C=O) groups excluding carboxylic acids is 1. The zero-order valence-corrected chi connectivity index (χ0v) is 18.6. The molecule has 2 unspecified atom stereocenters.